The van der Waals surface area contributed by atoms with Crippen LogP contribution in [0.3, 0.4) is 0 Å². The third kappa shape index (κ3) is 2.96. The van der Waals surface area contributed by atoms with Gasteiger partial charge in [-0.05, 0) is 54.7 Å². The number of hydrogen-bond donors (Lipinski definition) is 1. The minimum Gasteiger partial charge on any atom is -0.497 e. The summed E-state index contributed by atoms with van der Waals surface area (Å²) in [6.07, 6.45) is 3.79. The van der Waals surface area contributed by atoms with Crippen molar-refractivity contribution in [1.29, 1.82) is 0 Å². The summed E-state index contributed by atoms with van der Waals surface area (Å²) in [7, 11) is 1.68. The second-order valence-corrected chi connectivity index (χ2v) is 7.68. The van der Waals surface area contributed by atoms with E-state index < -0.39 is 0 Å². The molecule has 5 rings (SSSR count). The Morgan fingerprint density at radius 1 is 1.04 bits per heavy atom. The minimum absolute atomic E-state index is 0.168. The lowest BCUT2D eigenvalue weighted by molar-refractivity contribution is -0.932. The maximum atomic E-state index is 12.4. The molecule has 0 spiro atoms. The maximum Gasteiger partial charge on any atom is 0.339 e. The van der Waals surface area contributed by atoms with E-state index in [9.17, 15) is 4.79 Å². The van der Waals surface area contributed by atoms with Gasteiger partial charge in [0.2, 0.25) is 6.73 Å². The molecule has 2 aliphatic rings. The molecule has 5 nitrogen and oxygen atoms in total. The van der Waals surface area contributed by atoms with Crippen molar-refractivity contribution < 1.29 is 18.8 Å². The van der Waals surface area contributed by atoms with E-state index in [2.05, 4.69) is 18.2 Å². The highest BCUT2D eigenvalue weighted by Gasteiger charge is 2.27. The molecule has 1 atom stereocenters. The van der Waals surface area contributed by atoms with Gasteiger partial charge in [0, 0.05) is 17.4 Å². The van der Waals surface area contributed by atoms with Gasteiger partial charge in [0.15, 0.2) is 5.58 Å². The molecule has 2 aromatic carbocycles. The fourth-order valence-electron chi connectivity index (χ4n) is 4.44. The van der Waals surface area contributed by atoms with E-state index in [4.69, 9.17) is 13.9 Å². The third-order valence-electron chi connectivity index (χ3n) is 5.99. The molecule has 0 bridgehead atoms. The zero-order valence-electron chi connectivity index (χ0n) is 16.0. The Morgan fingerprint density at radius 3 is 2.68 bits per heavy atom. The van der Waals surface area contributed by atoms with E-state index in [0.717, 1.165) is 72.4 Å². The predicted octanol–water partition coefficient (Wildman–Crippen LogP) is 2.27. The van der Waals surface area contributed by atoms with E-state index in [-0.39, 0.29) is 5.63 Å². The van der Waals surface area contributed by atoms with E-state index in [1.54, 1.807) is 7.11 Å². The highest BCUT2D eigenvalue weighted by molar-refractivity contribution is 5.86. The van der Waals surface area contributed by atoms with Crippen molar-refractivity contribution in [2.24, 2.45) is 0 Å². The predicted molar refractivity (Wildman–Crippen MR) is 106 cm³/mol. The van der Waals surface area contributed by atoms with Gasteiger partial charge >= 0.3 is 5.63 Å². The van der Waals surface area contributed by atoms with Crippen LogP contribution in [0.1, 0.15) is 28.7 Å². The van der Waals surface area contributed by atoms with E-state index in [1.165, 1.54) is 16.0 Å². The average molecular weight is 378 g/mol. The summed E-state index contributed by atoms with van der Waals surface area (Å²) in [5.41, 5.74) is 4.91. The van der Waals surface area contributed by atoms with Gasteiger partial charge in [-0.3, -0.25) is 4.90 Å². The quantitative estimate of drug-likeness (QED) is 0.708. The fraction of sp³-hybridized carbons (Fsp3) is 0.348. The van der Waals surface area contributed by atoms with Gasteiger partial charge in [-0.1, -0.05) is 12.1 Å². The molecule has 144 valence electrons. The van der Waals surface area contributed by atoms with Gasteiger partial charge in [0.05, 0.1) is 19.2 Å². The van der Waals surface area contributed by atoms with Crippen molar-refractivity contribution in [3.05, 3.63) is 69.1 Å². The smallest absolute Gasteiger partial charge is 0.339 e. The number of hydrogen-bond acceptors (Lipinski definition) is 4. The van der Waals surface area contributed by atoms with Crippen LogP contribution in [-0.4, -0.2) is 20.4 Å². The van der Waals surface area contributed by atoms with Crippen LogP contribution in [0.4, 0.5) is 0 Å². The Balaban J connectivity index is 1.40. The van der Waals surface area contributed by atoms with E-state index >= 15 is 0 Å². The zero-order chi connectivity index (χ0) is 19.1. The molecule has 0 saturated heterocycles. The normalized spacial score (nSPS) is 17.8. The lowest BCUT2D eigenvalue weighted by Crippen LogP contribution is -3.12. The van der Waals surface area contributed by atoms with Crippen molar-refractivity contribution >= 4 is 11.0 Å². The Labute approximate surface area is 163 Å². The summed E-state index contributed by atoms with van der Waals surface area (Å²) < 4.78 is 17.0. The molecule has 3 aromatic rings. The molecular formula is C23H24NO4+. The van der Waals surface area contributed by atoms with Crippen molar-refractivity contribution in [3.63, 3.8) is 0 Å². The summed E-state index contributed by atoms with van der Waals surface area (Å²) >= 11 is 0. The number of ether oxygens (including phenoxy) is 2. The molecule has 1 aromatic heterocycles. The highest BCUT2D eigenvalue weighted by Crippen LogP contribution is 2.33. The lowest BCUT2D eigenvalue weighted by Gasteiger charge is -2.26. The van der Waals surface area contributed by atoms with Crippen LogP contribution in [0.15, 0.2) is 45.6 Å². The third-order valence-corrected chi connectivity index (χ3v) is 5.99. The molecule has 0 fully saturated rings. The van der Waals surface area contributed by atoms with Crippen LogP contribution < -0.4 is 20.0 Å². The molecule has 2 heterocycles. The lowest BCUT2D eigenvalue weighted by atomic mass is 10.0. The molecule has 5 heteroatoms. The van der Waals surface area contributed by atoms with Crippen LogP contribution in [0.5, 0.6) is 11.5 Å². The van der Waals surface area contributed by atoms with E-state index in [0.29, 0.717) is 6.73 Å². The summed E-state index contributed by atoms with van der Waals surface area (Å²) in [5, 5.41) is 1.09. The summed E-state index contributed by atoms with van der Waals surface area (Å²) in [6, 6.07) is 12.3. The number of nitrogens with one attached hydrogen (secondary N) is 1. The molecule has 1 N–H and O–H groups in total. The molecule has 0 amide bonds. The molecule has 1 aliphatic carbocycles. The van der Waals surface area contributed by atoms with Crippen LogP contribution in [0, 0.1) is 0 Å². The standard InChI is InChI=1S/C23H23NO4/c1-26-16-7-5-15(6-8-16)11-12-24-13-20-21(27-14-24)10-9-18-17-3-2-4-19(17)23(25)28-22(18)20/h5-10H,2-4,11-14H2,1H3/p+1. The van der Waals surface area contributed by atoms with Crippen molar-refractivity contribution in [3.8, 4) is 11.5 Å². The van der Waals surface area contributed by atoms with E-state index in [1.807, 2.05) is 18.2 Å². The Kier molecular flexibility index (Phi) is 4.32. The van der Waals surface area contributed by atoms with Gasteiger partial charge < -0.3 is 13.9 Å². The molecule has 0 saturated carbocycles. The molecular weight excluding hydrogens is 354 g/mol. The Morgan fingerprint density at radius 2 is 1.86 bits per heavy atom. The van der Waals surface area contributed by atoms with Gasteiger partial charge in [-0.2, -0.15) is 0 Å². The van der Waals surface area contributed by atoms with Gasteiger partial charge in [0.25, 0.3) is 0 Å². The van der Waals surface area contributed by atoms with Crippen molar-refractivity contribution in [2.45, 2.75) is 32.2 Å². The highest BCUT2D eigenvalue weighted by atomic mass is 16.5. The molecule has 1 unspecified atom stereocenters. The number of quaternary nitrogens is 1. The second kappa shape index (κ2) is 6.99. The van der Waals surface area contributed by atoms with Crippen molar-refractivity contribution in [2.75, 3.05) is 20.4 Å². The first kappa shape index (κ1) is 17.3. The van der Waals surface area contributed by atoms with Crippen LogP contribution in [0.2, 0.25) is 0 Å². The first-order valence-corrected chi connectivity index (χ1v) is 9.92. The van der Waals surface area contributed by atoms with Gasteiger partial charge in [0.1, 0.15) is 18.0 Å². The number of rotatable bonds is 4. The Hall–Kier alpha value is -2.79. The van der Waals surface area contributed by atoms with Crippen molar-refractivity contribution in [1.82, 2.24) is 0 Å². The monoisotopic (exact) mass is 378 g/mol. The second-order valence-electron chi connectivity index (χ2n) is 7.68. The Bertz CT molecular complexity index is 1080. The zero-order valence-corrected chi connectivity index (χ0v) is 16.0. The summed E-state index contributed by atoms with van der Waals surface area (Å²) in [6.45, 7) is 2.39. The first-order chi connectivity index (χ1) is 13.7. The van der Waals surface area contributed by atoms with Gasteiger partial charge in [-0.15, -0.1) is 0 Å². The first-order valence-electron chi connectivity index (χ1n) is 9.92. The molecule has 28 heavy (non-hydrogen) atoms. The topological polar surface area (TPSA) is 53.1 Å². The van der Waals surface area contributed by atoms with Crippen LogP contribution in [0.25, 0.3) is 11.0 Å². The average Bonchev–Trinajstić information content (AvgIpc) is 3.23. The number of benzene rings is 2. The van der Waals surface area contributed by atoms with Crippen LogP contribution >= 0.6 is 0 Å². The molecule has 0 radical (unpaired) electrons. The largest absolute Gasteiger partial charge is 0.497 e. The minimum atomic E-state index is -0.168. The SMILES string of the molecule is COc1ccc(CC[NH+]2COc3ccc4c5c(c(=O)oc4c3C2)CCC5)cc1. The summed E-state index contributed by atoms with van der Waals surface area (Å²) in [5.74, 6) is 1.72. The maximum absolute atomic E-state index is 12.4. The van der Waals surface area contributed by atoms with Gasteiger partial charge in [-0.25, -0.2) is 4.79 Å². The van der Waals surface area contributed by atoms with Crippen LogP contribution in [-0.2, 0) is 25.8 Å². The summed E-state index contributed by atoms with van der Waals surface area (Å²) in [4.78, 5) is 13.8. The fourth-order valence-corrected chi connectivity index (χ4v) is 4.44. The number of fused-ring (bicyclic) bond motifs is 5. The molecule has 1 aliphatic heterocycles. The number of aryl methyl sites for hydroxylation is 1. The number of methoxy groups -OCH3 is 1.